The van der Waals surface area contributed by atoms with Gasteiger partial charge in [0.05, 0.1) is 33.4 Å². The lowest BCUT2D eigenvalue weighted by Crippen LogP contribution is -2.24. The number of imidazole rings is 1. The maximum atomic E-state index is 12.3. The lowest BCUT2D eigenvalue weighted by molar-refractivity contribution is 0.0946. The van der Waals surface area contributed by atoms with Crippen LogP contribution in [0.3, 0.4) is 0 Å². The zero-order valence-corrected chi connectivity index (χ0v) is 12.1. The molecule has 0 aliphatic rings. The van der Waals surface area contributed by atoms with Gasteiger partial charge in [0.1, 0.15) is 5.82 Å². The molecule has 2 rings (SSSR count). The molecule has 1 aromatic heterocycles. The highest BCUT2D eigenvalue weighted by atomic mass is 16.5. The highest BCUT2D eigenvalue weighted by Crippen LogP contribution is 2.39. The number of hydrogen-bond acceptors (Lipinski definition) is 5. The largest absolute Gasteiger partial charge is 0.493 e. The zero-order valence-electron chi connectivity index (χ0n) is 12.1. The summed E-state index contributed by atoms with van der Waals surface area (Å²) in [7, 11) is 4.49. The van der Waals surface area contributed by atoms with Gasteiger partial charge in [0.15, 0.2) is 11.5 Å². The summed E-state index contributed by atoms with van der Waals surface area (Å²) in [5.41, 5.74) is 0.363. The van der Waals surface area contributed by atoms with Crippen molar-refractivity contribution < 1.29 is 19.0 Å². The zero-order chi connectivity index (χ0) is 15.2. The van der Waals surface area contributed by atoms with E-state index in [1.54, 1.807) is 24.5 Å². The van der Waals surface area contributed by atoms with Crippen LogP contribution in [0.2, 0.25) is 0 Å². The van der Waals surface area contributed by atoms with Crippen molar-refractivity contribution in [1.82, 2.24) is 15.3 Å². The van der Waals surface area contributed by atoms with Crippen LogP contribution in [0.1, 0.15) is 16.2 Å². The van der Waals surface area contributed by atoms with E-state index in [0.29, 0.717) is 35.2 Å². The van der Waals surface area contributed by atoms with Crippen LogP contribution in [-0.4, -0.2) is 37.2 Å². The first-order chi connectivity index (χ1) is 10.2. The van der Waals surface area contributed by atoms with E-state index < -0.39 is 0 Å². The monoisotopic (exact) mass is 291 g/mol. The van der Waals surface area contributed by atoms with Gasteiger partial charge in [-0.05, 0) is 12.1 Å². The van der Waals surface area contributed by atoms with E-state index in [9.17, 15) is 4.79 Å². The first-order valence-electron chi connectivity index (χ1n) is 6.26. The van der Waals surface area contributed by atoms with E-state index in [1.807, 2.05) is 0 Å². The second-order valence-electron chi connectivity index (χ2n) is 4.10. The lowest BCUT2D eigenvalue weighted by atomic mass is 10.1. The predicted octanol–water partition coefficient (Wildman–Crippen LogP) is 1.37. The normalized spacial score (nSPS) is 10.0. The van der Waals surface area contributed by atoms with Crippen LogP contribution < -0.4 is 19.5 Å². The van der Waals surface area contributed by atoms with Gasteiger partial charge in [-0.25, -0.2) is 4.98 Å². The minimum atomic E-state index is -0.288. The Bertz CT molecular complexity index is 611. The Morgan fingerprint density at radius 3 is 2.52 bits per heavy atom. The number of methoxy groups -OCH3 is 3. The van der Waals surface area contributed by atoms with Crippen molar-refractivity contribution in [2.75, 3.05) is 21.3 Å². The van der Waals surface area contributed by atoms with Crippen LogP contribution in [-0.2, 0) is 6.54 Å². The van der Waals surface area contributed by atoms with Crippen molar-refractivity contribution in [2.24, 2.45) is 0 Å². The Morgan fingerprint density at radius 2 is 1.95 bits per heavy atom. The van der Waals surface area contributed by atoms with Crippen molar-refractivity contribution in [1.29, 1.82) is 0 Å². The van der Waals surface area contributed by atoms with E-state index in [4.69, 9.17) is 14.2 Å². The highest BCUT2D eigenvalue weighted by Gasteiger charge is 2.20. The summed E-state index contributed by atoms with van der Waals surface area (Å²) < 4.78 is 15.7. The topological polar surface area (TPSA) is 85.5 Å². The molecule has 0 spiro atoms. The summed E-state index contributed by atoms with van der Waals surface area (Å²) in [5, 5.41) is 2.76. The van der Waals surface area contributed by atoms with Crippen LogP contribution in [0.15, 0.2) is 24.5 Å². The minimum absolute atomic E-state index is 0.288. The van der Waals surface area contributed by atoms with Crippen molar-refractivity contribution in [3.63, 3.8) is 0 Å². The number of ether oxygens (including phenoxy) is 3. The number of H-pyrrole nitrogens is 1. The maximum Gasteiger partial charge on any atom is 0.255 e. The van der Waals surface area contributed by atoms with Crippen LogP contribution in [0.4, 0.5) is 0 Å². The number of amides is 1. The fourth-order valence-electron chi connectivity index (χ4n) is 1.93. The SMILES string of the molecule is COc1ccc(C(=O)NCc2ncc[nH]2)c(OC)c1OC. The number of rotatable bonds is 6. The minimum Gasteiger partial charge on any atom is -0.493 e. The summed E-state index contributed by atoms with van der Waals surface area (Å²) in [4.78, 5) is 19.2. The van der Waals surface area contributed by atoms with Gasteiger partial charge in [0.2, 0.25) is 5.75 Å². The van der Waals surface area contributed by atoms with Gasteiger partial charge in [-0.15, -0.1) is 0 Å². The first-order valence-corrected chi connectivity index (χ1v) is 6.26. The lowest BCUT2D eigenvalue weighted by Gasteiger charge is -2.15. The molecule has 1 amide bonds. The standard InChI is InChI=1S/C14H17N3O4/c1-19-10-5-4-9(12(20-2)13(10)21-3)14(18)17-8-11-15-6-7-16-11/h4-7H,8H2,1-3H3,(H,15,16)(H,17,18). The third-order valence-electron chi connectivity index (χ3n) is 2.92. The van der Waals surface area contributed by atoms with E-state index in [1.165, 1.54) is 21.3 Å². The fourth-order valence-corrected chi connectivity index (χ4v) is 1.93. The molecule has 1 aromatic carbocycles. The Balaban J connectivity index is 2.23. The number of aromatic nitrogens is 2. The van der Waals surface area contributed by atoms with Crippen molar-refractivity contribution in [3.8, 4) is 17.2 Å². The van der Waals surface area contributed by atoms with E-state index in [-0.39, 0.29) is 5.91 Å². The molecule has 112 valence electrons. The Kier molecular flexibility index (Phi) is 4.65. The van der Waals surface area contributed by atoms with E-state index in [2.05, 4.69) is 15.3 Å². The number of nitrogens with one attached hydrogen (secondary N) is 2. The quantitative estimate of drug-likeness (QED) is 0.839. The molecule has 0 unspecified atom stereocenters. The summed E-state index contributed by atoms with van der Waals surface area (Å²) in [5.74, 6) is 1.59. The van der Waals surface area contributed by atoms with Crippen LogP contribution in [0.5, 0.6) is 17.2 Å². The number of carbonyl (C=O) groups excluding carboxylic acids is 1. The smallest absolute Gasteiger partial charge is 0.255 e. The number of aromatic amines is 1. The Morgan fingerprint density at radius 1 is 1.19 bits per heavy atom. The molecule has 1 heterocycles. The molecule has 0 aliphatic heterocycles. The van der Waals surface area contributed by atoms with Gasteiger partial charge in [-0.2, -0.15) is 0 Å². The van der Waals surface area contributed by atoms with Crippen molar-refractivity contribution in [3.05, 3.63) is 35.9 Å². The number of hydrogen-bond donors (Lipinski definition) is 2. The molecule has 0 bridgehead atoms. The summed E-state index contributed by atoms with van der Waals surface area (Å²) >= 11 is 0. The third kappa shape index (κ3) is 3.07. The average molecular weight is 291 g/mol. The molecule has 0 saturated carbocycles. The first kappa shape index (κ1) is 14.7. The number of benzene rings is 1. The maximum absolute atomic E-state index is 12.3. The van der Waals surface area contributed by atoms with Gasteiger partial charge >= 0.3 is 0 Å². The van der Waals surface area contributed by atoms with Crippen LogP contribution >= 0.6 is 0 Å². The summed E-state index contributed by atoms with van der Waals surface area (Å²) in [6, 6.07) is 3.28. The molecule has 7 nitrogen and oxygen atoms in total. The molecule has 0 atom stereocenters. The molecule has 21 heavy (non-hydrogen) atoms. The second kappa shape index (κ2) is 6.65. The summed E-state index contributed by atoms with van der Waals surface area (Å²) in [6.07, 6.45) is 3.32. The molecular formula is C14H17N3O4. The molecule has 0 radical (unpaired) electrons. The van der Waals surface area contributed by atoms with Crippen LogP contribution in [0, 0.1) is 0 Å². The molecule has 0 aliphatic carbocycles. The van der Waals surface area contributed by atoms with Gasteiger partial charge < -0.3 is 24.5 Å². The molecule has 0 fully saturated rings. The predicted molar refractivity (Wildman–Crippen MR) is 75.9 cm³/mol. The number of carbonyl (C=O) groups is 1. The van der Waals surface area contributed by atoms with Gasteiger partial charge in [0, 0.05) is 12.4 Å². The van der Waals surface area contributed by atoms with Gasteiger partial charge in [0.25, 0.3) is 5.91 Å². The second-order valence-corrected chi connectivity index (χ2v) is 4.10. The van der Waals surface area contributed by atoms with Gasteiger partial charge in [-0.1, -0.05) is 0 Å². The fraction of sp³-hybridized carbons (Fsp3) is 0.286. The van der Waals surface area contributed by atoms with Crippen molar-refractivity contribution >= 4 is 5.91 Å². The third-order valence-corrected chi connectivity index (χ3v) is 2.92. The molecular weight excluding hydrogens is 274 g/mol. The highest BCUT2D eigenvalue weighted by molar-refractivity contribution is 5.98. The number of nitrogens with zero attached hydrogens (tertiary/aromatic N) is 1. The average Bonchev–Trinajstić information content (AvgIpc) is 3.04. The Labute approximate surface area is 122 Å². The summed E-state index contributed by atoms with van der Waals surface area (Å²) in [6.45, 7) is 0.295. The van der Waals surface area contributed by atoms with E-state index in [0.717, 1.165) is 0 Å². The molecule has 0 saturated heterocycles. The van der Waals surface area contributed by atoms with Gasteiger partial charge in [-0.3, -0.25) is 4.79 Å². The van der Waals surface area contributed by atoms with Crippen molar-refractivity contribution in [2.45, 2.75) is 6.54 Å². The Hall–Kier alpha value is -2.70. The molecule has 7 heteroatoms. The molecule has 2 N–H and O–H groups in total. The molecule has 2 aromatic rings. The van der Waals surface area contributed by atoms with E-state index >= 15 is 0 Å². The van der Waals surface area contributed by atoms with Crippen LogP contribution in [0.25, 0.3) is 0 Å².